The third kappa shape index (κ3) is 3.57. The zero-order chi connectivity index (χ0) is 17.8. The number of hydrogen-bond donors (Lipinski definition) is 1. The maximum absolute atomic E-state index is 6.14. The first-order chi connectivity index (χ1) is 12.2. The third-order valence-electron chi connectivity index (χ3n) is 4.93. The summed E-state index contributed by atoms with van der Waals surface area (Å²) in [6.45, 7) is 8.61. The lowest BCUT2D eigenvalue weighted by atomic mass is 9.91. The maximum Gasteiger partial charge on any atom is 0.122 e. The van der Waals surface area contributed by atoms with Gasteiger partial charge in [0, 0.05) is 29.6 Å². The number of para-hydroxylation sites is 1. The Morgan fingerprint density at radius 3 is 2.60 bits per heavy atom. The van der Waals surface area contributed by atoms with E-state index in [2.05, 4.69) is 67.1 Å². The van der Waals surface area contributed by atoms with Gasteiger partial charge in [-0.1, -0.05) is 30.3 Å². The average molecular weight is 336 g/mol. The molecule has 0 amide bonds. The van der Waals surface area contributed by atoms with E-state index in [-0.39, 0.29) is 0 Å². The van der Waals surface area contributed by atoms with Crippen molar-refractivity contribution in [2.75, 3.05) is 13.2 Å². The van der Waals surface area contributed by atoms with Gasteiger partial charge in [-0.2, -0.15) is 0 Å². The topological polar surface area (TPSA) is 40.2 Å². The Kier molecular flexibility index (Phi) is 5.44. The van der Waals surface area contributed by atoms with Gasteiger partial charge >= 0.3 is 0 Å². The van der Waals surface area contributed by atoms with E-state index in [1.165, 1.54) is 27.6 Å². The van der Waals surface area contributed by atoms with Crippen molar-refractivity contribution >= 4 is 10.9 Å². The average Bonchev–Trinajstić information content (AvgIpc) is 2.99. The summed E-state index contributed by atoms with van der Waals surface area (Å²) in [6, 6.07) is 15.1. The number of aryl methyl sites for hydroxylation is 2. The largest absolute Gasteiger partial charge is 0.494 e. The van der Waals surface area contributed by atoms with Crippen molar-refractivity contribution in [2.24, 2.45) is 5.73 Å². The predicted octanol–water partition coefficient (Wildman–Crippen LogP) is 4.65. The van der Waals surface area contributed by atoms with Crippen molar-refractivity contribution in [3.8, 4) is 5.75 Å². The van der Waals surface area contributed by atoms with Gasteiger partial charge in [-0.15, -0.1) is 0 Å². The van der Waals surface area contributed by atoms with E-state index in [0.717, 1.165) is 18.7 Å². The van der Waals surface area contributed by atoms with Crippen LogP contribution in [0.1, 0.15) is 36.5 Å². The molecule has 1 atom stereocenters. The number of ether oxygens (including phenoxy) is 1. The number of rotatable bonds is 7. The summed E-state index contributed by atoms with van der Waals surface area (Å²) < 4.78 is 7.99. The van der Waals surface area contributed by atoms with Gasteiger partial charge in [-0.25, -0.2) is 0 Å². The Labute approximate surface area is 150 Å². The normalized spacial score (nSPS) is 12.5. The van der Waals surface area contributed by atoms with Crippen molar-refractivity contribution in [3.05, 3.63) is 65.4 Å². The minimum absolute atomic E-state index is 0.311. The highest BCUT2D eigenvalue weighted by atomic mass is 16.5. The van der Waals surface area contributed by atoms with Crippen molar-refractivity contribution in [1.29, 1.82) is 0 Å². The van der Waals surface area contributed by atoms with Crippen LogP contribution in [0.2, 0.25) is 0 Å². The van der Waals surface area contributed by atoms with Gasteiger partial charge in [0.25, 0.3) is 0 Å². The molecule has 3 aromatic rings. The summed E-state index contributed by atoms with van der Waals surface area (Å²) >= 11 is 0. The number of aromatic nitrogens is 1. The van der Waals surface area contributed by atoms with Gasteiger partial charge in [0.15, 0.2) is 0 Å². The SMILES string of the molecule is CCOc1ccc(C(CN)Cc2cn(CC)c3ccccc23)cc1C. The molecule has 0 aliphatic carbocycles. The lowest BCUT2D eigenvalue weighted by Gasteiger charge is -2.17. The molecule has 0 spiro atoms. The number of fused-ring (bicyclic) bond motifs is 1. The van der Waals surface area contributed by atoms with Crippen LogP contribution in [0, 0.1) is 6.92 Å². The summed E-state index contributed by atoms with van der Waals surface area (Å²) in [5, 5.41) is 1.34. The molecule has 0 saturated carbocycles. The fourth-order valence-corrected chi connectivity index (χ4v) is 3.59. The second kappa shape index (κ2) is 7.75. The smallest absolute Gasteiger partial charge is 0.122 e. The molecule has 0 saturated heterocycles. The van der Waals surface area contributed by atoms with E-state index in [1.54, 1.807) is 0 Å². The Morgan fingerprint density at radius 2 is 1.92 bits per heavy atom. The van der Waals surface area contributed by atoms with Crippen molar-refractivity contribution in [2.45, 2.75) is 39.7 Å². The van der Waals surface area contributed by atoms with Crippen LogP contribution < -0.4 is 10.5 Å². The highest BCUT2D eigenvalue weighted by Gasteiger charge is 2.16. The molecule has 132 valence electrons. The molecule has 1 heterocycles. The molecule has 3 nitrogen and oxygen atoms in total. The highest BCUT2D eigenvalue weighted by molar-refractivity contribution is 5.84. The van der Waals surface area contributed by atoms with E-state index >= 15 is 0 Å². The van der Waals surface area contributed by atoms with Crippen molar-refractivity contribution in [1.82, 2.24) is 4.57 Å². The van der Waals surface area contributed by atoms with E-state index in [4.69, 9.17) is 10.5 Å². The fourth-order valence-electron chi connectivity index (χ4n) is 3.59. The first kappa shape index (κ1) is 17.6. The quantitative estimate of drug-likeness (QED) is 0.682. The van der Waals surface area contributed by atoms with Crippen LogP contribution >= 0.6 is 0 Å². The Balaban J connectivity index is 1.92. The van der Waals surface area contributed by atoms with Gasteiger partial charge in [0.2, 0.25) is 0 Å². The molecule has 1 aromatic heterocycles. The second-order valence-electron chi connectivity index (χ2n) is 6.55. The molecule has 25 heavy (non-hydrogen) atoms. The lowest BCUT2D eigenvalue weighted by molar-refractivity contribution is 0.337. The Morgan fingerprint density at radius 1 is 1.12 bits per heavy atom. The van der Waals surface area contributed by atoms with Crippen LogP contribution in [0.3, 0.4) is 0 Å². The Bertz CT molecular complexity index is 850. The summed E-state index contributed by atoms with van der Waals surface area (Å²) in [4.78, 5) is 0. The maximum atomic E-state index is 6.14. The molecular formula is C22H28N2O. The molecule has 2 N–H and O–H groups in total. The van der Waals surface area contributed by atoms with Gasteiger partial charge < -0.3 is 15.0 Å². The van der Waals surface area contributed by atoms with E-state index in [0.29, 0.717) is 19.1 Å². The van der Waals surface area contributed by atoms with Crippen molar-refractivity contribution < 1.29 is 4.74 Å². The molecule has 3 heteroatoms. The summed E-state index contributed by atoms with van der Waals surface area (Å²) in [7, 11) is 0. The van der Waals surface area contributed by atoms with E-state index in [9.17, 15) is 0 Å². The number of nitrogens with zero attached hydrogens (tertiary/aromatic N) is 1. The third-order valence-corrected chi connectivity index (χ3v) is 4.93. The summed E-state index contributed by atoms with van der Waals surface area (Å²) in [6.07, 6.45) is 3.24. The lowest BCUT2D eigenvalue weighted by Crippen LogP contribution is -2.15. The van der Waals surface area contributed by atoms with Crippen LogP contribution in [0.15, 0.2) is 48.7 Å². The fraction of sp³-hybridized carbons (Fsp3) is 0.364. The first-order valence-electron chi connectivity index (χ1n) is 9.18. The molecule has 0 aliphatic rings. The molecular weight excluding hydrogens is 308 g/mol. The number of benzene rings is 2. The molecule has 0 fully saturated rings. The van der Waals surface area contributed by atoms with Crippen LogP contribution in [-0.2, 0) is 13.0 Å². The van der Waals surface area contributed by atoms with E-state index in [1.807, 2.05) is 6.92 Å². The number of nitrogens with two attached hydrogens (primary N) is 1. The van der Waals surface area contributed by atoms with Gasteiger partial charge in [0.05, 0.1) is 6.61 Å². The Hall–Kier alpha value is -2.26. The van der Waals surface area contributed by atoms with Gasteiger partial charge in [-0.05, 0) is 62.6 Å². The molecule has 3 rings (SSSR count). The van der Waals surface area contributed by atoms with Crippen LogP contribution in [0.5, 0.6) is 5.75 Å². The monoisotopic (exact) mass is 336 g/mol. The zero-order valence-corrected chi connectivity index (χ0v) is 15.5. The summed E-state index contributed by atoms with van der Waals surface area (Å²) in [5.74, 6) is 1.27. The van der Waals surface area contributed by atoms with Crippen LogP contribution in [0.25, 0.3) is 10.9 Å². The van der Waals surface area contributed by atoms with Crippen molar-refractivity contribution in [3.63, 3.8) is 0 Å². The molecule has 0 bridgehead atoms. The zero-order valence-electron chi connectivity index (χ0n) is 15.5. The van der Waals surface area contributed by atoms with Crippen LogP contribution in [-0.4, -0.2) is 17.7 Å². The van der Waals surface area contributed by atoms with Gasteiger partial charge in [-0.3, -0.25) is 0 Å². The first-order valence-corrected chi connectivity index (χ1v) is 9.18. The van der Waals surface area contributed by atoms with Gasteiger partial charge in [0.1, 0.15) is 5.75 Å². The minimum Gasteiger partial charge on any atom is -0.494 e. The summed E-state index contributed by atoms with van der Waals surface area (Å²) in [5.41, 5.74) is 11.3. The minimum atomic E-state index is 0.311. The molecule has 2 aromatic carbocycles. The van der Waals surface area contributed by atoms with Crippen LogP contribution in [0.4, 0.5) is 0 Å². The molecule has 1 unspecified atom stereocenters. The molecule has 0 aliphatic heterocycles. The number of hydrogen-bond acceptors (Lipinski definition) is 2. The van der Waals surface area contributed by atoms with E-state index < -0.39 is 0 Å². The highest BCUT2D eigenvalue weighted by Crippen LogP contribution is 2.29. The second-order valence-corrected chi connectivity index (χ2v) is 6.55. The molecule has 0 radical (unpaired) electrons. The standard InChI is InChI=1S/C22H28N2O/c1-4-24-15-19(20-8-6-7-9-21(20)24)13-18(14-23)17-10-11-22(25-5-2)16(3)12-17/h6-12,15,18H,4-5,13-14,23H2,1-3H3. The predicted molar refractivity (Wildman–Crippen MR) is 105 cm³/mol.